The minimum atomic E-state index is 0.385. The van der Waals surface area contributed by atoms with Crippen LogP contribution in [0, 0.1) is 11.8 Å². The van der Waals surface area contributed by atoms with Crippen molar-refractivity contribution in [2.45, 2.75) is 58.8 Å². The van der Waals surface area contributed by atoms with E-state index in [1.54, 1.807) is 0 Å². The van der Waals surface area contributed by atoms with Crippen LogP contribution in [0.2, 0.25) is 0 Å². The third-order valence-corrected chi connectivity index (χ3v) is 7.60. The zero-order valence-electron chi connectivity index (χ0n) is 21.3. The Kier molecular flexibility index (Phi) is 7.57. The molecule has 2 nitrogen and oxygen atoms in total. The zero-order valence-corrected chi connectivity index (χ0v) is 21.3. The van der Waals surface area contributed by atoms with Crippen molar-refractivity contribution in [3.8, 4) is 22.6 Å². The van der Waals surface area contributed by atoms with Crippen LogP contribution in [0.15, 0.2) is 72.8 Å². The largest absolute Gasteiger partial charge is 0.492 e. The molecule has 0 N–H and O–H groups in total. The topological polar surface area (TPSA) is 18.5 Å². The van der Waals surface area contributed by atoms with Crippen molar-refractivity contribution in [3.63, 3.8) is 0 Å². The molecule has 4 aromatic carbocycles. The highest BCUT2D eigenvalue weighted by Crippen LogP contribution is 2.46. The summed E-state index contributed by atoms with van der Waals surface area (Å²) in [5, 5.41) is 4.88. The van der Waals surface area contributed by atoms with Gasteiger partial charge in [-0.15, -0.1) is 0 Å². The number of ether oxygens (including phenoxy) is 2. The first-order valence-corrected chi connectivity index (χ1v) is 13.6. The molecule has 0 unspecified atom stereocenters. The van der Waals surface area contributed by atoms with E-state index < -0.39 is 0 Å². The predicted molar refractivity (Wildman–Crippen MR) is 149 cm³/mol. The molecule has 0 radical (unpaired) electrons. The Balaban J connectivity index is 1.50. The van der Waals surface area contributed by atoms with E-state index in [9.17, 15) is 0 Å². The normalized spacial score (nSPS) is 14.0. The molecular formula is C33H38O2. The monoisotopic (exact) mass is 466 g/mol. The van der Waals surface area contributed by atoms with Crippen molar-refractivity contribution < 1.29 is 9.47 Å². The molecule has 1 aliphatic heterocycles. The fourth-order valence-electron chi connectivity index (χ4n) is 5.83. The SMILES string of the molecule is CCCC(CCC)CCCC1COc2ccc3ccccc3c2-c2c(ccc3ccccc23)OC1. The van der Waals surface area contributed by atoms with Gasteiger partial charge in [0, 0.05) is 17.0 Å². The lowest BCUT2D eigenvalue weighted by Gasteiger charge is -2.20. The van der Waals surface area contributed by atoms with Crippen molar-refractivity contribution in [3.05, 3.63) is 72.8 Å². The number of hydrogen-bond acceptors (Lipinski definition) is 2. The van der Waals surface area contributed by atoms with Gasteiger partial charge in [0.05, 0.1) is 13.2 Å². The highest BCUT2D eigenvalue weighted by atomic mass is 16.5. The molecule has 4 aromatic rings. The van der Waals surface area contributed by atoms with Crippen molar-refractivity contribution in [1.29, 1.82) is 0 Å². The lowest BCUT2D eigenvalue weighted by molar-refractivity contribution is 0.168. The molecule has 0 atom stereocenters. The number of fused-ring (bicyclic) bond motifs is 7. The average Bonchev–Trinajstić information content (AvgIpc) is 2.97. The molecule has 1 aliphatic rings. The van der Waals surface area contributed by atoms with E-state index in [1.165, 1.54) is 60.1 Å². The first-order chi connectivity index (χ1) is 17.3. The highest BCUT2D eigenvalue weighted by Gasteiger charge is 2.23. The highest BCUT2D eigenvalue weighted by molar-refractivity contribution is 6.09. The van der Waals surface area contributed by atoms with Crippen molar-refractivity contribution >= 4 is 21.5 Å². The molecular weight excluding hydrogens is 428 g/mol. The number of hydrogen-bond donors (Lipinski definition) is 0. The second-order valence-corrected chi connectivity index (χ2v) is 10.2. The molecule has 182 valence electrons. The van der Waals surface area contributed by atoms with Crippen LogP contribution in [0.1, 0.15) is 58.8 Å². The number of rotatable bonds is 8. The molecule has 1 heterocycles. The molecule has 2 heteroatoms. The van der Waals surface area contributed by atoms with Crippen molar-refractivity contribution in [2.75, 3.05) is 13.2 Å². The van der Waals surface area contributed by atoms with Crippen LogP contribution in [0.3, 0.4) is 0 Å². The van der Waals surface area contributed by atoms with Crippen LogP contribution in [-0.4, -0.2) is 13.2 Å². The van der Waals surface area contributed by atoms with E-state index in [0.29, 0.717) is 19.1 Å². The minimum absolute atomic E-state index is 0.385. The van der Waals surface area contributed by atoms with E-state index >= 15 is 0 Å². The molecule has 0 fully saturated rings. The standard InChI is InChI=1S/C33H38O2/c1-3-10-24(11-4-2)12-9-13-25-22-34-30-20-18-26-14-5-7-16-28(26)32(30)33-29-17-8-6-15-27(29)19-21-31(33)35-23-25/h5-8,14-21,24-25H,3-4,9-13,22-23H2,1-2H3. The Hall–Kier alpha value is -3.00. The van der Waals surface area contributed by atoms with Crippen molar-refractivity contribution in [2.24, 2.45) is 11.8 Å². The Morgan fingerprint density at radius 1 is 0.657 bits per heavy atom. The van der Waals surface area contributed by atoms with Crippen LogP contribution in [-0.2, 0) is 0 Å². The first kappa shape index (κ1) is 23.7. The number of benzene rings is 4. The third-order valence-electron chi connectivity index (χ3n) is 7.60. The summed E-state index contributed by atoms with van der Waals surface area (Å²) in [4.78, 5) is 0. The van der Waals surface area contributed by atoms with Gasteiger partial charge in [-0.1, -0.05) is 113 Å². The first-order valence-electron chi connectivity index (χ1n) is 13.6. The van der Waals surface area contributed by atoms with Crippen LogP contribution >= 0.6 is 0 Å². The smallest absolute Gasteiger partial charge is 0.127 e. The van der Waals surface area contributed by atoms with Gasteiger partial charge in [0.15, 0.2) is 0 Å². The predicted octanol–water partition coefficient (Wildman–Crippen LogP) is 9.43. The summed E-state index contributed by atoms with van der Waals surface area (Å²) in [6.45, 7) is 6.02. The van der Waals surface area contributed by atoms with Gasteiger partial charge in [-0.25, -0.2) is 0 Å². The van der Waals surface area contributed by atoms with Gasteiger partial charge >= 0.3 is 0 Å². The Bertz CT molecular complexity index is 1180. The van der Waals surface area contributed by atoms with Gasteiger partial charge in [-0.05, 0) is 46.0 Å². The van der Waals surface area contributed by atoms with Crippen LogP contribution in [0.25, 0.3) is 32.7 Å². The van der Waals surface area contributed by atoms with Gasteiger partial charge in [0.25, 0.3) is 0 Å². The van der Waals surface area contributed by atoms with Gasteiger partial charge in [-0.3, -0.25) is 0 Å². The minimum Gasteiger partial charge on any atom is -0.492 e. The molecule has 0 saturated heterocycles. The van der Waals surface area contributed by atoms with E-state index in [0.717, 1.165) is 35.0 Å². The van der Waals surface area contributed by atoms with Gasteiger partial charge in [0.2, 0.25) is 0 Å². The molecule has 0 amide bonds. The van der Waals surface area contributed by atoms with E-state index in [2.05, 4.69) is 86.6 Å². The third kappa shape index (κ3) is 5.17. The summed E-state index contributed by atoms with van der Waals surface area (Å²) in [6.07, 6.45) is 9.00. The van der Waals surface area contributed by atoms with E-state index in [-0.39, 0.29) is 0 Å². The average molecular weight is 467 g/mol. The van der Waals surface area contributed by atoms with E-state index in [1.807, 2.05) is 0 Å². The molecule has 0 spiro atoms. The van der Waals surface area contributed by atoms with Gasteiger partial charge in [0.1, 0.15) is 11.5 Å². The Morgan fingerprint density at radius 3 is 1.69 bits per heavy atom. The Morgan fingerprint density at radius 2 is 1.17 bits per heavy atom. The zero-order chi connectivity index (χ0) is 24.0. The second kappa shape index (κ2) is 11.2. The van der Waals surface area contributed by atoms with Crippen molar-refractivity contribution in [1.82, 2.24) is 0 Å². The molecule has 0 saturated carbocycles. The summed E-state index contributed by atoms with van der Waals surface area (Å²) >= 11 is 0. The fraction of sp³-hybridized carbons (Fsp3) is 0.394. The van der Waals surface area contributed by atoms with Crippen LogP contribution in [0.4, 0.5) is 0 Å². The molecule has 0 bridgehead atoms. The maximum atomic E-state index is 6.61. The lowest BCUT2D eigenvalue weighted by atomic mass is 9.91. The maximum Gasteiger partial charge on any atom is 0.127 e. The second-order valence-electron chi connectivity index (χ2n) is 10.2. The molecule has 0 aliphatic carbocycles. The summed E-state index contributed by atoms with van der Waals surface area (Å²) in [5.41, 5.74) is 2.31. The fourth-order valence-corrected chi connectivity index (χ4v) is 5.83. The quantitative estimate of drug-likeness (QED) is 0.257. The van der Waals surface area contributed by atoms with Crippen LogP contribution < -0.4 is 9.47 Å². The van der Waals surface area contributed by atoms with E-state index in [4.69, 9.17) is 9.47 Å². The Labute approximate surface area is 210 Å². The lowest BCUT2D eigenvalue weighted by Crippen LogP contribution is -2.20. The summed E-state index contributed by atoms with van der Waals surface area (Å²) in [7, 11) is 0. The maximum absolute atomic E-state index is 6.61. The molecule has 5 rings (SSSR count). The van der Waals surface area contributed by atoms with Gasteiger partial charge in [-0.2, -0.15) is 0 Å². The summed E-state index contributed by atoms with van der Waals surface area (Å²) in [6, 6.07) is 25.9. The van der Waals surface area contributed by atoms with Crippen LogP contribution in [0.5, 0.6) is 11.5 Å². The summed E-state index contributed by atoms with van der Waals surface area (Å²) in [5.74, 6) is 3.18. The summed E-state index contributed by atoms with van der Waals surface area (Å²) < 4.78 is 13.2. The molecule has 0 aromatic heterocycles. The molecule has 35 heavy (non-hydrogen) atoms. The van der Waals surface area contributed by atoms with Gasteiger partial charge < -0.3 is 9.47 Å².